The van der Waals surface area contributed by atoms with Crippen molar-refractivity contribution in [1.82, 2.24) is 31.9 Å². The molecule has 6 amide bonds. The zero-order valence-corrected chi connectivity index (χ0v) is 46.8. The molecule has 0 aromatic carbocycles. The van der Waals surface area contributed by atoms with Gasteiger partial charge in [0.1, 0.15) is 146 Å². The largest absolute Gasteiger partial charge is 0.394 e. The van der Waals surface area contributed by atoms with Crippen LogP contribution in [0, 0.1) is 0 Å². The van der Waals surface area contributed by atoms with E-state index in [0.717, 1.165) is 41.5 Å². The number of rotatable bonds is 22. The molecule has 0 aromatic heterocycles. The van der Waals surface area contributed by atoms with Crippen LogP contribution in [0.3, 0.4) is 0 Å². The topological polar surface area (TPSA) is 559 Å². The highest BCUT2D eigenvalue weighted by Crippen LogP contribution is 2.32. The summed E-state index contributed by atoms with van der Waals surface area (Å²) in [7, 11) is 0. The molecule has 20 N–H and O–H groups in total. The van der Waals surface area contributed by atoms with Gasteiger partial charge in [-0.3, -0.25) is 28.8 Å². The number of carbonyl (C=O) groups excluding carboxylic acids is 6. The van der Waals surface area contributed by atoms with Gasteiger partial charge in [0.2, 0.25) is 35.4 Å². The summed E-state index contributed by atoms with van der Waals surface area (Å²) in [6.07, 6.45) is -42.0. The van der Waals surface area contributed by atoms with Crippen molar-refractivity contribution in [2.24, 2.45) is 0 Å². The first-order valence-electron chi connectivity index (χ1n) is 27.0. The third-order valence-corrected chi connectivity index (χ3v) is 14.7. The lowest BCUT2D eigenvalue weighted by molar-refractivity contribution is -0.326. The van der Waals surface area contributed by atoms with Gasteiger partial charge in [0.05, 0.1) is 39.6 Å². The SMILES string of the molecule is CC(=O)N[C@@H]1[C@@H](O)[C@H](O)[C@@H](CO[C@@H]2O[C@H](CO[C@@H]3O[C@H](CO[C@@H]4O[C@H](CO[C@@H]5O[C@H](CO[C@@H]6O[C@H](CO)[C@@H](O)[C@H](O)[C@H]6NC(C)=O)[C@@H](O)[C@H](O)[C@H]5NC(C)=O)[C@@H](O)[C@H](O)[C@H]4NC(C)=O)[C@@H](O)[C@H](O)[C@H]3NC(C)=O)[C@@H](O)[C@H](O)[C@H]2NC(C)=O)O[C@H]1O. The van der Waals surface area contributed by atoms with Crippen LogP contribution >= 0.6 is 0 Å². The molecule has 30 atom stereocenters. The van der Waals surface area contributed by atoms with E-state index in [1.54, 1.807) is 0 Å². The predicted molar refractivity (Wildman–Crippen MR) is 269 cm³/mol. The predicted octanol–water partition coefficient (Wildman–Crippen LogP) is -13.2. The van der Waals surface area contributed by atoms with Crippen molar-refractivity contribution in [3.05, 3.63) is 0 Å². The summed E-state index contributed by atoms with van der Waals surface area (Å²) in [4.78, 5) is 73.0. The number of hydrogen-bond donors (Lipinski definition) is 20. The van der Waals surface area contributed by atoms with Crippen LogP contribution < -0.4 is 31.9 Å². The summed E-state index contributed by atoms with van der Waals surface area (Å²) in [6, 6.07) is -9.14. The molecule has 6 heterocycles. The van der Waals surface area contributed by atoms with Gasteiger partial charge in [0, 0.05) is 41.5 Å². The molecule has 0 radical (unpaired) electrons. The standard InChI is InChI=1S/C48H80N6O31/c1-13(56)49-25-37(68)32(63)20(80-43(25)74)8-75-45-27(51-15(3)58)39(70)34(65)22(82-45)10-77-47-29(53-17(5)60)41(72)36(67)24(84-47)12-79-48-30(54-18(6)61)42(73)35(66)23(85-48)11-78-46-28(52-16(4)59)40(71)33(64)21(83-46)9-76-44-26(50-14(2)57)38(69)31(62)19(7-55)81-44/h19-48,55,62-74H,7-12H2,1-6H3,(H,49,56)(H,50,57)(H,51,58)(H,52,59)(H,53,60)(H,54,61)/t19-,20-,21-,22-,23-,24-,25-,26-,27-,28-,29-,30-,31-,32-,33-,34-,35-,36-,37-,38-,39-,40-,41-,42-,43-,44-,45-,46-,47-,48-/m1/s1. The van der Waals surface area contributed by atoms with Crippen LogP contribution in [0.15, 0.2) is 0 Å². The van der Waals surface area contributed by atoms with Gasteiger partial charge >= 0.3 is 0 Å². The molecular formula is C48H80N6O31. The van der Waals surface area contributed by atoms with Crippen molar-refractivity contribution in [3.8, 4) is 0 Å². The molecule has 0 saturated carbocycles. The average Bonchev–Trinajstić information content (AvgIpc) is 2.79. The van der Waals surface area contributed by atoms with Gasteiger partial charge < -0.3 is 155 Å². The Morgan fingerprint density at radius 2 is 0.459 bits per heavy atom. The maximum atomic E-state index is 12.4. The van der Waals surface area contributed by atoms with E-state index in [9.17, 15) is 100 Å². The van der Waals surface area contributed by atoms with Gasteiger partial charge in [-0.1, -0.05) is 0 Å². The van der Waals surface area contributed by atoms with Crippen molar-refractivity contribution in [2.45, 2.75) is 225 Å². The molecule has 6 rings (SSSR count). The highest BCUT2D eigenvalue weighted by atomic mass is 16.8. The molecule has 6 aliphatic heterocycles. The lowest BCUT2D eigenvalue weighted by Gasteiger charge is -2.47. The van der Waals surface area contributed by atoms with Crippen molar-refractivity contribution >= 4 is 35.4 Å². The highest BCUT2D eigenvalue weighted by molar-refractivity contribution is 5.75. The second-order valence-corrected chi connectivity index (χ2v) is 21.4. The third kappa shape index (κ3) is 17.4. The van der Waals surface area contributed by atoms with E-state index >= 15 is 0 Å². The van der Waals surface area contributed by atoms with E-state index in [2.05, 4.69) is 31.9 Å². The van der Waals surface area contributed by atoms with Crippen LogP contribution in [-0.2, 0) is 80.9 Å². The molecule has 6 saturated heterocycles. The summed E-state index contributed by atoms with van der Waals surface area (Å²) in [5.41, 5.74) is 0. The molecule has 488 valence electrons. The number of aliphatic hydroxyl groups excluding tert-OH is 14. The maximum Gasteiger partial charge on any atom is 0.217 e. The van der Waals surface area contributed by atoms with Gasteiger partial charge in [-0.2, -0.15) is 0 Å². The molecule has 6 aliphatic rings. The van der Waals surface area contributed by atoms with E-state index in [1.165, 1.54) is 0 Å². The number of nitrogens with one attached hydrogen (secondary N) is 6. The molecule has 85 heavy (non-hydrogen) atoms. The van der Waals surface area contributed by atoms with Crippen molar-refractivity contribution in [3.63, 3.8) is 0 Å². The van der Waals surface area contributed by atoms with E-state index < -0.39 is 259 Å². The molecule has 0 unspecified atom stereocenters. The normalized spacial score (nSPS) is 44.0. The average molecular weight is 1240 g/mol. The minimum Gasteiger partial charge on any atom is -0.394 e. The molecule has 6 fully saturated rings. The maximum absolute atomic E-state index is 12.4. The molecular weight excluding hydrogens is 1160 g/mol. The lowest BCUT2D eigenvalue weighted by atomic mass is 9.95. The molecule has 0 spiro atoms. The summed E-state index contributed by atoms with van der Waals surface area (Å²) in [6.45, 7) is 1.86. The Balaban J connectivity index is 1.14. The van der Waals surface area contributed by atoms with Crippen LogP contribution in [0.25, 0.3) is 0 Å². The number of ether oxygens (including phenoxy) is 11. The molecule has 37 nitrogen and oxygen atoms in total. The fraction of sp³-hybridized carbons (Fsp3) is 0.875. The van der Waals surface area contributed by atoms with Gasteiger partial charge in [-0.05, 0) is 0 Å². The van der Waals surface area contributed by atoms with E-state index in [0.29, 0.717) is 0 Å². The van der Waals surface area contributed by atoms with Crippen LogP contribution in [0.4, 0.5) is 0 Å². The lowest BCUT2D eigenvalue weighted by Crippen LogP contribution is -2.68. The summed E-state index contributed by atoms with van der Waals surface area (Å²) >= 11 is 0. The molecule has 0 aliphatic carbocycles. The van der Waals surface area contributed by atoms with Gasteiger partial charge in [-0.25, -0.2) is 0 Å². The minimum absolute atomic E-state index is 0.661. The fourth-order valence-corrected chi connectivity index (χ4v) is 10.4. The van der Waals surface area contributed by atoms with Gasteiger partial charge in [-0.15, -0.1) is 0 Å². The monoisotopic (exact) mass is 1240 g/mol. The first kappa shape index (κ1) is 69.9. The smallest absolute Gasteiger partial charge is 0.217 e. The molecule has 0 bridgehead atoms. The Kier molecular flexibility index (Phi) is 25.4. The number of hydrogen-bond acceptors (Lipinski definition) is 31. The quantitative estimate of drug-likeness (QED) is 0.0479. The van der Waals surface area contributed by atoms with Crippen LogP contribution in [-0.4, -0.2) is 330 Å². The number of carbonyl (C=O) groups is 6. The van der Waals surface area contributed by atoms with E-state index in [4.69, 9.17) is 52.1 Å². The van der Waals surface area contributed by atoms with Gasteiger partial charge in [0.25, 0.3) is 0 Å². The van der Waals surface area contributed by atoms with Crippen LogP contribution in [0.2, 0.25) is 0 Å². The molecule has 37 heteroatoms. The van der Waals surface area contributed by atoms with Crippen molar-refractivity contribution < 1.29 is 152 Å². The highest BCUT2D eigenvalue weighted by Gasteiger charge is 2.54. The summed E-state index contributed by atoms with van der Waals surface area (Å²) in [5.74, 6) is -4.34. The van der Waals surface area contributed by atoms with Crippen LogP contribution in [0.1, 0.15) is 41.5 Å². The van der Waals surface area contributed by atoms with E-state index in [1.807, 2.05) is 0 Å². The van der Waals surface area contributed by atoms with Crippen LogP contribution in [0.5, 0.6) is 0 Å². The second kappa shape index (κ2) is 30.8. The zero-order chi connectivity index (χ0) is 63.0. The summed E-state index contributed by atoms with van der Waals surface area (Å²) in [5, 5.41) is 167. The third-order valence-electron chi connectivity index (χ3n) is 14.7. The summed E-state index contributed by atoms with van der Waals surface area (Å²) < 4.78 is 64.0. The Bertz CT molecular complexity index is 2230. The number of aliphatic hydroxyl groups is 14. The Hall–Kier alpha value is -4.18. The Labute approximate surface area is 483 Å². The first-order valence-corrected chi connectivity index (χ1v) is 27.0. The fourth-order valence-electron chi connectivity index (χ4n) is 10.4. The Morgan fingerprint density at radius 3 is 0.671 bits per heavy atom. The van der Waals surface area contributed by atoms with Crippen molar-refractivity contribution in [1.29, 1.82) is 0 Å². The van der Waals surface area contributed by atoms with Gasteiger partial charge in [0.15, 0.2) is 37.7 Å². The Morgan fingerprint density at radius 1 is 0.282 bits per heavy atom. The first-order chi connectivity index (χ1) is 39.9. The number of amides is 6. The zero-order valence-electron chi connectivity index (χ0n) is 46.8. The minimum atomic E-state index is -1.94. The van der Waals surface area contributed by atoms with E-state index in [-0.39, 0.29) is 0 Å². The molecule has 0 aromatic rings. The van der Waals surface area contributed by atoms with Crippen molar-refractivity contribution in [2.75, 3.05) is 39.6 Å². The second-order valence-electron chi connectivity index (χ2n) is 21.4.